The third-order valence-corrected chi connectivity index (χ3v) is 3.12. The first-order chi connectivity index (χ1) is 4.86. The molecule has 54 valence electrons. The van der Waals surface area contributed by atoms with E-state index in [1.165, 1.54) is 37.2 Å². The molecule has 0 heterocycles. The fourth-order valence-electron chi connectivity index (χ4n) is 2.05. The van der Waals surface area contributed by atoms with Crippen LogP contribution in [0.2, 0.25) is 5.09 Å². The van der Waals surface area contributed by atoms with E-state index in [9.17, 15) is 0 Å². The van der Waals surface area contributed by atoms with Gasteiger partial charge in [0.15, 0.2) is 0 Å². The molecule has 10 heavy (non-hydrogen) atoms. The van der Waals surface area contributed by atoms with Gasteiger partial charge >= 0.3 is 73.7 Å². The van der Waals surface area contributed by atoms with Crippen LogP contribution in [0.3, 0.4) is 0 Å². The van der Waals surface area contributed by atoms with Gasteiger partial charge < -0.3 is 0 Å². The van der Waals surface area contributed by atoms with Crippen molar-refractivity contribution in [2.75, 3.05) is 0 Å². The Kier molecular flexibility index (Phi) is 3.89. The summed E-state index contributed by atoms with van der Waals surface area (Å²) in [5, 5.41) is 1.41. The summed E-state index contributed by atoms with van der Waals surface area (Å²) >= 11 is 2.33. The molecule has 1 rings (SSSR count). The van der Waals surface area contributed by atoms with Crippen LogP contribution in [0.15, 0.2) is 0 Å². The summed E-state index contributed by atoms with van der Waals surface area (Å²) in [7, 11) is 0. The molecule has 1 saturated carbocycles. The molecule has 0 atom stereocenters. The first-order valence-corrected chi connectivity index (χ1v) is 4.86. The molecule has 1 aliphatic carbocycles. The molecule has 1 fully saturated rings. The Morgan fingerprint density at radius 3 is 2.00 bits per heavy atom. The second kappa shape index (κ2) is 4.47. The molecule has 0 amide bonds. The molecular formula is C9H17Li. The zero-order valence-corrected chi connectivity index (χ0v) is 7.40. The molecule has 1 aliphatic rings. The molecule has 0 aromatic carbocycles. The van der Waals surface area contributed by atoms with Gasteiger partial charge in [-0.15, -0.1) is 0 Å². The maximum atomic E-state index is 2.33. The van der Waals surface area contributed by atoms with Gasteiger partial charge in [-0.2, -0.15) is 0 Å². The van der Waals surface area contributed by atoms with Gasteiger partial charge in [0.2, 0.25) is 0 Å². The third kappa shape index (κ3) is 2.33. The topological polar surface area (TPSA) is 0 Å². The van der Waals surface area contributed by atoms with Crippen LogP contribution in [0, 0.1) is 11.8 Å². The summed E-state index contributed by atoms with van der Waals surface area (Å²) in [6, 6.07) is 0. The Bertz CT molecular complexity index is 70.7. The van der Waals surface area contributed by atoms with Gasteiger partial charge in [0.25, 0.3) is 0 Å². The number of rotatable bonds is 2. The van der Waals surface area contributed by atoms with E-state index in [1.54, 1.807) is 0 Å². The van der Waals surface area contributed by atoms with Crippen molar-refractivity contribution in [3.8, 4) is 0 Å². The van der Waals surface area contributed by atoms with Gasteiger partial charge in [-0.05, 0) is 0 Å². The van der Waals surface area contributed by atoms with Crippen LogP contribution in [0.1, 0.15) is 39.0 Å². The van der Waals surface area contributed by atoms with Gasteiger partial charge in [-0.1, -0.05) is 0 Å². The normalized spacial score (nSPS) is 34.3. The summed E-state index contributed by atoms with van der Waals surface area (Å²) in [5.74, 6) is 2.14. The van der Waals surface area contributed by atoms with E-state index in [0.717, 1.165) is 11.8 Å². The zero-order valence-electron chi connectivity index (χ0n) is 7.40. The summed E-state index contributed by atoms with van der Waals surface area (Å²) in [5.41, 5.74) is 0. The average molecular weight is 132 g/mol. The van der Waals surface area contributed by atoms with Gasteiger partial charge in [0.05, 0.1) is 0 Å². The first kappa shape index (κ1) is 8.69. The summed E-state index contributed by atoms with van der Waals surface area (Å²) in [6.45, 7) is 2.33. The van der Waals surface area contributed by atoms with E-state index in [2.05, 4.69) is 24.6 Å². The van der Waals surface area contributed by atoms with E-state index in [1.807, 2.05) is 0 Å². The molecule has 0 nitrogen and oxygen atoms in total. The molecule has 0 aromatic rings. The molecule has 0 aromatic heterocycles. The fourth-order valence-corrected chi connectivity index (χ4v) is 2.05. The van der Waals surface area contributed by atoms with Crippen molar-refractivity contribution in [1.82, 2.24) is 0 Å². The van der Waals surface area contributed by atoms with Crippen molar-refractivity contribution in [3.63, 3.8) is 0 Å². The van der Waals surface area contributed by atoms with Crippen molar-refractivity contribution in [2.24, 2.45) is 11.8 Å². The van der Waals surface area contributed by atoms with Crippen LogP contribution in [0.4, 0.5) is 0 Å². The van der Waals surface area contributed by atoms with Crippen molar-refractivity contribution in [1.29, 1.82) is 0 Å². The minimum absolute atomic E-state index is 1.07. The van der Waals surface area contributed by atoms with E-state index in [4.69, 9.17) is 0 Å². The molecule has 0 saturated heterocycles. The van der Waals surface area contributed by atoms with E-state index >= 15 is 0 Å². The molecule has 0 N–H and O–H groups in total. The molecule has 0 aliphatic heterocycles. The molecule has 0 unspecified atom stereocenters. The maximum absolute atomic E-state index is 2.33. The van der Waals surface area contributed by atoms with Crippen LogP contribution >= 0.6 is 0 Å². The van der Waals surface area contributed by atoms with Gasteiger partial charge in [-0.25, -0.2) is 0 Å². The minimum atomic E-state index is 1.07. The van der Waals surface area contributed by atoms with Gasteiger partial charge in [0.1, 0.15) is 0 Å². The van der Waals surface area contributed by atoms with Crippen molar-refractivity contribution >= 4 is 17.7 Å². The van der Waals surface area contributed by atoms with Crippen LogP contribution in [0.5, 0.6) is 0 Å². The predicted octanol–water partition coefficient (Wildman–Crippen LogP) is 2.79. The van der Waals surface area contributed by atoms with E-state index < -0.39 is 0 Å². The molecule has 1 heteroatoms. The van der Waals surface area contributed by atoms with Crippen molar-refractivity contribution < 1.29 is 0 Å². The third-order valence-electron chi connectivity index (χ3n) is 3.12. The van der Waals surface area contributed by atoms with E-state index in [0.29, 0.717) is 0 Å². The van der Waals surface area contributed by atoms with Gasteiger partial charge in [0, 0.05) is 0 Å². The summed E-state index contributed by atoms with van der Waals surface area (Å²) in [4.78, 5) is 0. The summed E-state index contributed by atoms with van der Waals surface area (Å²) < 4.78 is 0. The zero-order chi connectivity index (χ0) is 7.40. The van der Waals surface area contributed by atoms with Crippen molar-refractivity contribution in [3.05, 3.63) is 0 Å². The van der Waals surface area contributed by atoms with Crippen LogP contribution < -0.4 is 0 Å². The monoisotopic (exact) mass is 132 g/mol. The van der Waals surface area contributed by atoms with Crippen LogP contribution in [-0.4, -0.2) is 17.7 Å². The number of hydrogen-bond donors (Lipinski definition) is 0. The Hall–Kier alpha value is 0.597. The quantitative estimate of drug-likeness (QED) is 0.507. The Morgan fingerprint density at radius 1 is 1.10 bits per heavy atom. The Morgan fingerprint density at radius 2 is 1.60 bits per heavy atom. The number of hydrogen-bond acceptors (Lipinski definition) is 0. The SMILES string of the molecule is [Li][CH2]C1CCC(CC)CC1. The van der Waals surface area contributed by atoms with E-state index in [-0.39, 0.29) is 0 Å². The van der Waals surface area contributed by atoms with Crippen LogP contribution in [0.25, 0.3) is 0 Å². The molecule has 0 bridgehead atoms. The average Bonchev–Trinajstić information content (AvgIpc) is 2.05. The second-order valence-corrected chi connectivity index (χ2v) is 3.70. The molecule has 0 radical (unpaired) electrons. The molecular weight excluding hydrogens is 115 g/mol. The van der Waals surface area contributed by atoms with Crippen LogP contribution in [-0.2, 0) is 0 Å². The fraction of sp³-hybridized carbons (Fsp3) is 1.00. The second-order valence-electron chi connectivity index (χ2n) is 3.70. The van der Waals surface area contributed by atoms with Gasteiger partial charge in [-0.3, -0.25) is 0 Å². The summed E-state index contributed by atoms with van der Waals surface area (Å²) in [6.07, 6.45) is 7.45. The first-order valence-electron chi connectivity index (χ1n) is 4.86. The Labute approximate surface area is 74.0 Å². The standard InChI is InChI=1S/C9H17.Li/c1-3-9-6-4-8(2)5-7-9;/h8-9H,2-7H2,1H3;. The predicted molar refractivity (Wildman–Crippen MR) is 46.3 cm³/mol. The molecule has 0 spiro atoms. The Balaban J connectivity index is 2.17. The van der Waals surface area contributed by atoms with Crippen molar-refractivity contribution in [2.45, 2.75) is 44.1 Å².